The first-order valence-corrected chi connectivity index (χ1v) is 9.09. The number of alkyl carbamates (subject to hydrolysis) is 1. The highest BCUT2D eigenvalue weighted by Crippen LogP contribution is 2.26. The van der Waals surface area contributed by atoms with Gasteiger partial charge in [0.2, 0.25) is 0 Å². The maximum absolute atomic E-state index is 11.7. The fraction of sp³-hybridized carbons (Fsp3) is 0.929. The molecule has 0 aliphatic carbocycles. The summed E-state index contributed by atoms with van der Waals surface area (Å²) in [6.45, 7) is 8.76. The molecule has 0 aromatic carbocycles. The molecule has 0 saturated heterocycles. The van der Waals surface area contributed by atoms with Gasteiger partial charge in [-0.1, -0.05) is 13.8 Å². The van der Waals surface area contributed by atoms with Crippen molar-refractivity contribution in [3.8, 4) is 0 Å². The van der Waals surface area contributed by atoms with Gasteiger partial charge in [-0.05, 0) is 33.6 Å². The molecule has 0 radical (unpaired) electrons. The van der Waals surface area contributed by atoms with Gasteiger partial charge in [-0.3, -0.25) is 0 Å². The molecule has 0 rings (SSSR count). The van der Waals surface area contributed by atoms with E-state index >= 15 is 0 Å². The molecule has 0 aromatic heterocycles. The number of hydrogen-bond donors (Lipinski definition) is 2. The fourth-order valence-electron chi connectivity index (χ4n) is 1.73. The first kappa shape index (κ1) is 20.2. The van der Waals surface area contributed by atoms with Gasteiger partial charge in [0, 0.05) is 17.7 Å². The molecule has 0 heterocycles. The SMILES string of the molecule is CCC(CO)(CCS(=O)(=O)CC)CNC(=O)OC(C)(C)C. The van der Waals surface area contributed by atoms with Crippen LogP contribution in [0.2, 0.25) is 0 Å². The van der Waals surface area contributed by atoms with Crippen molar-refractivity contribution in [3.05, 3.63) is 0 Å². The standard InChI is InChI=1S/C14H29NO5S/c1-6-14(11-16,8-9-21(18,19)7-2)10-15-12(17)20-13(3,4)5/h16H,6-11H2,1-5H3,(H,15,17). The van der Waals surface area contributed by atoms with Crippen LogP contribution in [0.1, 0.15) is 47.5 Å². The van der Waals surface area contributed by atoms with Crippen molar-refractivity contribution < 1.29 is 23.1 Å². The van der Waals surface area contributed by atoms with E-state index in [2.05, 4.69) is 5.32 Å². The maximum atomic E-state index is 11.7. The van der Waals surface area contributed by atoms with Crippen LogP contribution in [0, 0.1) is 5.41 Å². The normalized spacial score (nSPS) is 15.3. The average molecular weight is 323 g/mol. The largest absolute Gasteiger partial charge is 0.444 e. The lowest BCUT2D eigenvalue weighted by Gasteiger charge is -2.31. The summed E-state index contributed by atoms with van der Waals surface area (Å²) in [6, 6.07) is 0. The van der Waals surface area contributed by atoms with E-state index in [0.29, 0.717) is 12.8 Å². The second-order valence-electron chi connectivity index (χ2n) is 6.35. The minimum Gasteiger partial charge on any atom is -0.444 e. The first-order chi connectivity index (χ1) is 9.49. The monoisotopic (exact) mass is 323 g/mol. The molecule has 1 atom stereocenters. The Balaban J connectivity index is 4.64. The van der Waals surface area contributed by atoms with E-state index in [1.807, 2.05) is 6.92 Å². The maximum Gasteiger partial charge on any atom is 0.407 e. The molecule has 0 aliphatic heterocycles. The van der Waals surface area contributed by atoms with Crippen LogP contribution < -0.4 is 5.32 Å². The number of nitrogens with one attached hydrogen (secondary N) is 1. The number of carbonyl (C=O) groups excluding carboxylic acids is 1. The van der Waals surface area contributed by atoms with Gasteiger partial charge in [0.15, 0.2) is 0 Å². The van der Waals surface area contributed by atoms with Gasteiger partial charge in [-0.25, -0.2) is 13.2 Å². The third-order valence-electron chi connectivity index (χ3n) is 3.48. The number of rotatable bonds is 8. The molecule has 0 spiro atoms. The summed E-state index contributed by atoms with van der Waals surface area (Å²) >= 11 is 0. The van der Waals surface area contributed by atoms with Crippen LogP contribution in [-0.2, 0) is 14.6 Å². The number of aliphatic hydroxyl groups excluding tert-OH is 1. The molecule has 2 N–H and O–H groups in total. The van der Waals surface area contributed by atoms with Crippen molar-refractivity contribution in [3.63, 3.8) is 0 Å². The second-order valence-corrected chi connectivity index (χ2v) is 8.83. The van der Waals surface area contributed by atoms with Gasteiger partial charge in [0.25, 0.3) is 0 Å². The van der Waals surface area contributed by atoms with Crippen molar-refractivity contribution in [2.45, 2.75) is 53.1 Å². The highest BCUT2D eigenvalue weighted by molar-refractivity contribution is 7.91. The van der Waals surface area contributed by atoms with Gasteiger partial charge in [-0.2, -0.15) is 0 Å². The van der Waals surface area contributed by atoms with Crippen molar-refractivity contribution in [1.82, 2.24) is 5.32 Å². The van der Waals surface area contributed by atoms with E-state index in [-0.39, 0.29) is 24.7 Å². The molecular formula is C14H29NO5S. The Bertz CT molecular complexity index is 421. The molecule has 7 heteroatoms. The zero-order chi connectivity index (χ0) is 16.7. The van der Waals surface area contributed by atoms with Crippen LogP contribution in [0.5, 0.6) is 0 Å². The molecule has 0 saturated carbocycles. The van der Waals surface area contributed by atoms with Gasteiger partial charge < -0.3 is 15.2 Å². The Hall–Kier alpha value is -0.820. The smallest absolute Gasteiger partial charge is 0.407 e. The molecule has 126 valence electrons. The van der Waals surface area contributed by atoms with E-state index < -0.39 is 26.9 Å². The Morgan fingerprint density at radius 3 is 2.19 bits per heavy atom. The van der Waals surface area contributed by atoms with Crippen LogP contribution in [-0.4, -0.2) is 49.9 Å². The second kappa shape index (κ2) is 7.98. The molecular weight excluding hydrogens is 294 g/mol. The summed E-state index contributed by atoms with van der Waals surface area (Å²) in [5, 5.41) is 12.2. The lowest BCUT2D eigenvalue weighted by Crippen LogP contribution is -2.43. The number of amides is 1. The predicted octanol–water partition coefficient (Wildman–Crippen LogP) is 1.72. The molecule has 0 bridgehead atoms. The van der Waals surface area contributed by atoms with Gasteiger partial charge in [-0.15, -0.1) is 0 Å². The molecule has 1 amide bonds. The third-order valence-corrected chi connectivity index (χ3v) is 5.18. The van der Waals surface area contributed by atoms with E-state index in [0.717, 1.165) is 0 Å². The Morgan fingerprint density at radius 2 is 1.81 bits per heavy atom. The Morgan fingerprint density at radius 1 is 1.24 bits per heavy atom. The summed E-state index contributed by atoms with van der Waals surface area (Å²) in [5.41, 5.74) is -1.23. The van der Waals surface area contributed by atoms with E-state index in [9.17, 15) is 18.3 Å². The lowest BCUT2D eigenvalue weighted by atomic mass is 9.83. The van der Waals surface area contributed by atoms with E-state index in [1.54, 1.807) is 27.7 Å². The summed E-state index contributed by atoms with van der Waals surface area (Å²) in [5.74, 6) is 0.0889. The fourth-order valence-corrected chi connectivity index (χ4v) is 2.76. The molecule has 0 aromatic rings. The highest BCUT2D eigenvalue weighted by Gasteiger charge is 2.30. The topological polar surface area (TPSA) is 92.7 Å². The van der Waals surface area contributed by atoms with Crippen molar-refractivity contribution in [1.29, 1.82) is 0 Å². The Kier molecular flexibility index (Phi) is 7.67. The van der Waals surface area contributed by atoms with Gasteiger partial charge in [0.05, 0.1) is 12.4 Å². The van der Waals surface area contributed by atoms with Crippen LogP contribution in [0.4, 0.5) is 4.79 Å². The first-order valence-electron chi connectivity index (χ1n) is 7.27. The minimum atomic E-state index is -3.10. The number of aliphatic hydroxyl groups is 1. The number of sulfone groups is 1. The van der Waals surface area contributed by atoms with Crippen LogP contribution in [0.3, 0.4) is 0 Å². The van der Waals surface area contributed by atoms with Gasteiger partial charge >= 0.3 is 6.09 Å². The molecule has 1 unspecified atom stereocenters. The van der Waals surface area contributed by atoms with Crippen LogP contribution >= 0.6 is 0 Å². The number of ether oxygens (including phenoxy) is 1. The number of carbonyl (C=O) groups is 1. The third kappa shape index (κ3) is 8.26. The average Bonchev–Trinajstić information content (AvgIpc) is 2.38. The van der Waals surface area contributed by atoms with Gasteiger partial charge in [0.1, 0.15) is 15.4 Å². The van der Waals surface area contributed by atoms with Crippen molar-refractivity contribution in [2.24, 2.45) is 5.41 Å². The van der Waals surface area contributed by atoms with E-state index in [1.165, 1.54) is 0 Å². The van der Waals surface area contributed by atoms with Crippen LogP contribution in [0.15, 0.2) is 0 Å². The van der Waals surface area contributed by atoms with Crippen molar-refractivity contribution in [2.75, 3.05) is 24.7 Å². The van der Waals surface area contributed by atoms with E-state index in [4.69, 9.17) is 4.74 Å². The molecule has 21 heavy (non-hydrogen) atoms. The zero-order valence-electron chi connectivity index (χ0n) is 13.7. The molecule has 0 fully saturated rings. The van der Waals surface area contributed by atoms with Crippen molar-refractivity contribution >= 4 is 15.9 Å². The minimum absolute atomic E-state index is 0.00784. The zero-order valence-corrected chi connectivity index (χ0v) is 14.5. The predicted molar refractivity (Wildman–Crippen MR) is 83.0 cm³/mol. The number of hydrogen-bond acceptors (Lipinski definition) is 5. The summed E-state index contributed by atoms with van der Waals surface area (Å²) in [4.78, 5) is 11.7. The Labute approximate surface area is 128 Å². The highest BCUT2D eigenvalue weighted by atomic mass is 32.2. The molecule has 6 nitrogen and oxygen atoms in total. The summed E-state index contributed by atoms with van der Waals surface area (Å²) in [6.07, 6.45) is 0.317. The quantitative estimate of drug-likeness (QED) is 0.709. The lowest BCUT2D eigenvalue weighted by molar-refractivity contribution is 0.0458. The summed E-state index contributed by atoms with van der Waals surface area (Å²) in [7, 11) is -3.10. The molecule has 0 aliphatic rings. The van der Waals surface area contributed by atoms with Crippen LogP contribution in [0.25, 0.3) is 0 Å². The summed E-state index contributed by atoms with van der Waals surface area (Å²) < 4.78 is 28.4.